The third-order valence-corrected chi connectivity index (χ3v) is 3.61. The van der Waals surface area contributed by atoms with Gasteiger partial charge in [0.2, 0.25) is 0 Å². The van der Waals surface area contributed by atoms with Gasteiger partial charge in [0, 0.05) is 30.9 Å². The van der Waals surface area contributed by atoms with E-state index >= 15 is 0 Å². The van der Waals surface area contributed by atoms with E-state index in [9.17, 15) is 9.50 Å². The minimum Gasteiger partial charge on any atom is -0.389 e. The average Bonchev–Trinajstić information content (AvgIpc) is 2.89. The summed E-state index contributed by atoms with van der Waals surface area (Å²) in [5.74, 6) is -0.312. The molecule has 1 aliphatic heterocycles. The fraction of sp³-hybridized carbons (Fsp3) is 0.600. The van der Waals surface area contributed by atoms with Crippen LogP contribution in [0.25, 0.3) is 0 Å². The number of aliphatic hydroxyl groups excluding tert-OH is 1. The smallest absolute Gasteiger partial charge is 0.123 e. The number of likely N-dealkylation sites (N-methyl/N-ethyl adjacent to an activating group) is 1. The van der Waals surface area contributed by atoms with Crippen LogP contribution in [0.2, 0.25) is 0 Å². The lowest BCUT2D eigenvalue weighted by atomic mass is 10.1. The maximum atomic E-state index is 13.3. The highest BCUT2D eigenvalue weighted by Crippen LogP contribution is 2.28. The molecule has 19 heavy (non-hydrogen) atoms. The molecule has 0 radical (unpaired) electrons. The molecule has 4 heteroatoms. The third kappa shape index (κ3) is 3.45. The fourth-order valence-electron chi connectivity index (χ4n) is 2.58. The molecule has 1 saturated heterocycles. The summed E-state index contributed by atoms with van der Waals surface area (Å²) in [6, 6.07) is 4.60. The van der Waals surface area contributed by atoms with E-state index in [1.165, 1.54) is 12.1 Å². The zero-order valence-corrected chi connectivity index (χ0v) is 11.6. The zero-order chi connectivity index (χ0) is 13.8. The molecule has 3 nitrogen and oxygen atoms in total. The number of hydrogen-bond donors (Lipinski definition) is 1. The molecule has 1 N–H and O–H groups in total. The van der Waals surface area contributed by atoms with Crippen molar-refractivity contribution in [1.29, 1.82) is 0 Å². The molecule has 0 amide bonds. The van der Waals surface area contributed by atoms with Gasteiger partial charge in [-0.05, 0) is 44.9 Å². The lowest BCUT2D eigenvalue weighted by Crippen LogP contribution is -2.32. The highest BCUT2D eigenvalue weighted by Gasteiger charge is 2.21. The summed E-state index contributed by atoms with van der Waals surface area (Å²) in [5.41, 5.74) is 1.54. The van der Waals surface area contributed by atoms with Gasteiger partial charge in [-0.1, -0.05) is 0 Å². The van der Waals surface area contributed by atoms with Crippen LogP contribution in [-0.4, -0.2) is 30.9 Å². The van der Waals surface area contributed by atoms with E-state index in [2.05, 4.69) is 11.8 Å². The number of halogens is 1. The van der Waals surface area contributed by atoms with Crippen LogP contribution in [0.3, 0.4) is 0 Å². The molecule has 1 aliphatic rings. The summed E-state index contributed by atoms with van der Waals surface area (Å²) < 4.78 is 19.0. The van der Waals surface area contributed by atoms with Crippen LogP contribution in [0, 0.1) is 5.82 Å². The van der Waals surface area contributed by atoms with Gasteiger partial charge in [-0.25, -0.2) is 4.39 Å². The zero-order valence-electron chi connectivity index (χ0n) is 11.6. The van der Waals surface area contributed by atoms with Crippen LogP contribution >= 0.6 is 0 Å². The van der Waals surface area contributed by atoms with E-state index in [1.807, 2.05) is 0 Å². The quantitative estimate of drug-likeness (QED) is 0.890. The number of anilines is 1. The van der Waals surface area contributed by atoms with E-state index in [1.54, 1.807) is 13.0 Å². The molecule has 2 rings (SSSR count). The minimum atomic E-state index is -0.677. The molecule has 0 saturated carbocycles. The van der Waals surface area contributed by atoms with Crippen molar-refractivity contribution in [2.24, 2.45) is 0 Å². The number of ether oxygens (including phenoxy) is 1. The van der Waals surface area contributed by atoms with Gasteiger partial charge in [0.05, 0.1) is 12.2 Å². The first-order valence-corrected chi connectivity index (χ1v) is 6.96. The van der Waals surface area contributed by atoms with Gasteiger partial charge in [-0.3, -0.25) is 0 Å². The Balaban J connectivity index is 2.21. The summed E-state index contributed by atoms with van der Waals surface area (Å²) in [5, 5.41) is 9.81. The molecule has 1 aromatic rings. The van der Waals surface area contributed by atoms with Crippen molar-refractivity contribution < 1.29 is 14.2 Å². The Morgan fingerprint density at radius 2 is 2.32 bits per heavy atom. The number of aliphatic hydroxyl groups is 1. The summed E-state index contributed by atoms with van der Waals surface area (Å²) >= 11 is 0. The SMILES string of the molecule is CCN(CC1CCCO1)c1ccc(F)cc1[C@@H](C)O. The average molecular weight is 267 g/mol. The molecule has 106 valence electrons. The fourth-order valence-corrected chi connectivity index (χ4v) is 2.58. The molecule has 1 fully saturated rings. The largest absolute Gasteiger partial charge is 0.389 e. The maximum absolute atomic E-state index is 13.3. The van der Waals surface area contributed by atoms with Gasteiger partial charge in [0.15, 0.2) is 0 Å². The first-order valence-electron chi connectivity index (χ1n) is 6.96. The van der Waals surface area contributed by atoms with Gasteiger partial charge in [0.1, 0.15) is 5.82 Å². The standard InChI is InChI=1S/C15H22FNO2/c1-3-17(10-13-5-4-8-19-13)15-7-6-12(16)9-14(15)11(2)18/h6-7,9,11,13,18H,3-5,8,10H2,1-2H3/t11-,13?/m1/s1. The Morgan fingerprint density at radius 1 is 1.53 bits per heavy atom. The summed E-state index contributed by atoms with van der Waals surface area (Å²) in [6.45, 7) is 6.16. The Kier molecular flexibility index (Phi) is 4.77. The predicted octanol–water partition coefficient (Wildman–Crippen LogP) is 2.88. The van der Waals surface area contributed by atoms with Crippen molar-refractivity contribution >= 4 is 5.69 Å². The van der Waals surface area contributed by atoms with E-state index in [0.717, 1.165) is 38.2 Å². The van der Waals surface area contributed by atoms with Crippen molar-refractivity contribution in [3.63, 3.8) is 0 Å². The van der Waals surface area contributed by atoms with Gasteiger partial charge in [-0.15, -0.1) is 0 Å². The van der Waals surface area contributed by atoms with Crippen LogP contribution in [0.15, 0.2) is 18.2 Å². The number of hydrogen-bond acceptors (Lipinski definition) is 3. The highest BCUT2D eigenvalue weighted by molar-refractivity contribution is 5.54. The van der Waals surface area contributed by atoms with Gasteiger partial charge in [-0.2, -0.15) is 0 Å². The molecular weight excluding hydrogens is 245 g/mol. The highest BCUT2D eigenvalue weighted by atomic mass is 19.1. The molecule has 0 spiro atoms. The van der Waals surface area contributed by atoms with Crippen LogP contribution in [0.5, 0.6) is 0 Å². The molecule has 1 heterocycles. The van der Waals surface area contributed by atoms with Crippen LogP contribution in [0.4, 0.5) is 10.1 Å². The Hall–Kier alpha value is -1.13. The van der Waals surface area contributed by atoms with Crippen molar-refractivity contribution in [2.75, 3.05) is 24.6 Å². The van der Waals surface area contributed by atoms with E-state index in [4.69, 9.17) is 4.74 Å². The minimum absolute atomic E-state index is 0.242. The van der Waals surface area contributed by atoms with Gasteiger partial charge in [0.25, 0.3) is 0 Å². The number of rotatable bonds is 5. The first kappa shape index (κ1) is 14.3. The van der Waals surface area contributed by atoms with Gasteiger partial charge >= 0.3 is 0 Å². The van der Waals surface area contributed by atoms with E-state index < -0.39 is 6.10 Å². The van der Waals surface area contributed by atoms with Crippen molar-refractivity contribution in [3.05, 3.63) is 29.6 Å². The predicted molar refractivity (Wildman–Crippen MR) is 73.9 cm³/mol. The molecule has 1 aromatic carbocycles. The topological polar surface area (TPSA) is 32.7 Å². The van der Waals surface area contributed by atoms with E-state index in [-0.39, 0.29) is 11.9 Å². The molecule has 2 atom stereocenters. The number of nitrogens with zero attached hydrogens (tertiary/aromatic N) is 1. The first-order chi connectivity index (χ1) is 9.11. The summed E-state index contributed by atoms with van der Waals surface area (Å²) in [6.07, 6.45) is 1.74. The van der Waals surface area contributed by atoms with Crippen LogP contribution in [-0.2, 0) is 4.74 Å². The number of benzene rings is 1. The second kappa shape index (κ2) is 6.35. The van der Waals surface area contributed by atoms with Gasteiger partial charge < -0.3 is 14.7 Å². The van der Waals surface area contributed by atoms with Crippen LogP contribution in [0.1, 0.15) is 38.4 Å². The molecule has 0 aromatic heterocycles. The normalized spacial score (nSPS) is 20.5. The Morgan fingerprint density at radius 3 is 2.89 bits per heavy atom. The Bertz CT molecular complexity index is 417. The van der Waals surface area contributed by atoms with Crippen molar-refractivity contribution in [1.82, 2.24) is 0 Å². The van der Waals surface area contributed by atoms with Crippen molar-refractivity contribution in [3.8, 4) is 0 Å². The van der Waals surface area contributed by atoms with E-state index in [0.29, 0.717) is 5.56 Å². The Labute approximate surface area is 114 Å². The molecule has 1 unspecified atom stereocenters. The lowest BCUT2D eigenvalue weighted by molar-refractivity contribution is 0.115. The lowest BCUT2D eigenvalue weighted by Gasteiger charge is -2.29. The second-order valence-corrected chi connectivity index (χ2v) is 5.05. The van der Waals surface area contributed by atoms with Crippen molar-refractivity contribution in [2.45, 2.75) is 38.9 Å². The summed E-state index contributed by atoms with van der Waals surface area (Å²) in [7, 11) is 0. The maximum Gasteiger partial charge on any atom is 0.123 e. The molecule has 0 aliphatic carbocycles. The third-order valence-electron chi connectivity index (χ3n) is 3.61. The van der Waals surface area contributed by atoms with Crippen LogP contribution < -0.4 is 4.90 Å². The summed E-state index contributed by atoms with van der Waals surface area (Å²) in [4.78, 5) is 2.15. The monoisotopic (exact) mass is 267 g/mol. The molecule has 0 bridgehead atoms. The molecular formula is C15H22FNO2. The second-order valence-electron chi connectivity index (χ2n) is 5.05.